The summed E-state index contributed by atoms with van der Waals surface area (Å²) in [5, 5.41) is 0. The smallest absolute Gasteiger partial charge is 0.162 e. The molecule has 0 saturated carbocycles. The van der Waals surface area contributed by atoms with E-state index in [1.165, 1.54) is 0 Å². The molecule has 0 aliphatic carbocycles. The van der Waals surface area contributed by atoms with Crippen LogP contribution in [0.4, 0.5) is 0 Å². The Morgan fingerprint density at radius 3 is 2.24 bits per heavy atom. The average molecular weight is 416 g/mol. The van der Waals surface area contributed by atoms with Gasteiger partial charge in [0.2, 0.25) is 0 Å². The molecular weight excluding hydrogens is 390 g/mol. The number of methoxy groups -OCH3 is 2. The number of halogens is 1. The van der Waals surface area contributed by atoms with Gasteiger partial charge in [0.1, 0.15) is 24.7 Å². The average Bonchev–Trinajstić information content (AvgIpc) is 2.76. The Bertz CT molecular complexity index is 903. The Balaban J connectivity index is 0.00000300. The maximum atomic E-state index is 6.07. The maximum Gasteiger partial charge on any atom is 0.162 e. The highest BCUT2D eigenvalue weighted by Gasteiger charge is 2.12. The Labute approximate surface area is 177 Å². The molecule has 5 nitrogen and oxygen atoms in total. The van der Waals surface area contributed by atoms with Crippen molar-refractivity contribution in [2.75, 3.05) is 27.4 Å². The van der Waals surface area contributed by atoms with Crippen molar-refractivity contribution >= 4 is 12.4 Å². The fourth-order valence-corrected chi connectivity index (χ4v) is 2.85. The van der Waals surface area contributed by atoms with E-state index in [0.29, 0.717) is 31.3 Å². The lowest BCUT2D eigenvalue weighted by molar-refractivity contribution is 0.266. The Morgan fingerprint density at radius 1 is 0.759 bits per heavy atom. The third kappa shape index (κ3) is 5.79. The molecule has 0 aliphatic rings. The summed E-state index contributed by atoms with van der Waals surface area (Å²) in [5.41, 5.74) is 8.57. The van der Waals surface area contributed by atoms with Gasteiger partial charge in [-0.3, -0.25) is 0 Å². The van der Waals surface area contributed by atoms with Crippen molar-refractivity contribution in [1.29, 1.82) is 0 Å². The minimum atomic E-state index is 0. The largest absolute Gasteiger partial charge is 0.497 e. The molecule has 0 spiro atoms. The van der Waals surface area contributed by atoms with Crippen molar-refractivity contribution in [1.82, 2.24) is 0 Å². The van der Waals surface area contributed by atoms with Crippen molar-refractivity contribution in [2.45, 2.75) is 6.61 Å². The number of benzene rings is 3. The van der Waals surface area contributed by atoms with Crippen LogP contribution in [0.2, 0.25) is 0 Å². The van der Waals surface area contributed by atoms with Crippen LogP contribution in [-0.4, -0.2) is 27.4 Å². The molecule has 2 N–H and O–H groups in total. The van der Waals surface area contributed by atoms with Crippen LogP contribution in [0.3, 0.4) is 0 Å². The molecule has 29 heavy (non-hydrogen) atoms. The molecule has 0 heterocycles. The first-order valence-electron chi connectivity index (χ1n) is 9.11. The molecule has 0 unspecified atom stereocenters. The number of rotatable bonds is 9. The Morgan fingerprint density at radius 2 is 1.55 bits per heavy atom. The maximum absolute atomic E-state index is 6.07. The van der Waals surface area contributed by atoms with Gasteiger partial charge in [0.05, 0.1) is 14.2 Å². The highest BCUT2D eigenvalue weighted by atomic mass is 35.5. The number of nitrogens with two attached hydrogens (primary N) is 1. The van der Waals surface area contributed by atoms with Crippen LogP contribution in [0.5, 0.6) is 23.0 Å². The quantitative estimate of drug-likeness (QED) is 0.548. The van der Waals surface area contributed by atoms with Gasteiger partial charge in [-0.05, 0) is 35.4 Å². The van der Waals surface area contributed by atoms with Gasteiger partial charge in [0.25, 0.3) is 0 Å². The molecule has 3 aromatic rings. The third-order valence-corrected chi connectivity index (χ3v) is 4.28. The van der Waals surface area contributed by atoms with Crippen molar-refractivity contribution in [3.63, 3.8) is 0 Å². The first-order valence-corrected chi connectivity index (χ1v) is 9.11. The van der Waals surface area contributed by atoms with Gasteiger partial charge in [-0.15, -0.1) is 12.4 Å². The normalized spacial score (nSPS) is 10.0. The summed E-state index contributed by atoms with van der Waals surface area (Å²) in [6, 6.07) is 21.6. The predicted molar refractivity (Wildman–Crippen MR) is 118 cm³/mol. The van der Waals surface area contributed by atoms with Gasteiger partial charge < -0.3 is 24.7 Å². The van der Waals surface area contributed by atoms with E-state index >= 15 is 0 Å². The first kappa shape index (κ1) is 22.4. The molecule has 154 valence electrons. The van der Waals surface area contributed by atoms with E-state index in [4.69, 9.17) is 24.7 Å². The summed E-state index contributed by atoms with van der Waals surface area (Å²) in [5.74, 6) is 2.79. The van der Waals surface area contributed by atoms with Gasteiger partial charge in [0, 0.05) is 18.2 Å². The molecule has 0 saturated heterocycles. The Kier molecular flexibility index (Phi) is 8.65. The molecule has 0 atom stereocenters. The van der Waals surface area contributed by atoms with Crippen LogP contribution in [0.25, 0.3) is 11.1 Å². The fraction of sp³-hybridized carbons (Fsp3) is 0.217. The number of hydrogen-bond acceptors (Lipinski definition) is 5. The topological polar surface area (TPSA) is 62.9 Å². The zero-order valence-electron chi connectivity index (χ0n) is 16.6. The third-order valence-electron chi connectivity index (χ3n) is 4.28. The second-order valence-electron chi connectivity index (χ2n) is 6.14. The van der Waals surface area contributed by atoms with Crippen LogP contribution < -0.4 is 24.7 Å². The second-order valence-corrected chi connectivity index (χ2v) is 6.14. The lowest BCUT2D eigenvalue weighted by Crippen LogP contribution is -2.11. The van der Waals surface area contributed by atoms with E-state index in [2.05, 4.69) is 0 Å². The highest BCUT2D eigenvalue weighted by molar-refractivity contribution is 5.85. The molecular formula is C23H26ClNO4. The SMILES string of the molecule is COc1ccc(-c2ccc(OCCN)c(OCc3ccccc3)c2)c(OC)c1.Cl. The van der Waals surface area contributed by atoms with Crippen molar-refractivity contribution in [3.8, 4) is 34.1 Å². The van der Waals surface area contributed by atoms with E-state index in [9.17, 15) is 0 Å². The van der Waals surface area contributed by atoms with Crippen LogP contribution in [0.1, 0.15) is 5.56 Å². The van der Waals surface area contributed by atoms with Gasteiger partial charge >= 0.3 is 0 Å². The molecule has 0 fully saturated rings. The van der Waals surface area contributed by atoms with Gasteiger partial charge in [-0.1, -0.05) is 36.4 Å². The molecule has 0 amide bonds. The van der Waals surface area contributed by atoms with Crippen LogP contribution in [0, 0.1) is 0 Å². The standard InChI is InChI=1S/C23H25NO4.ClH/c1-25-19-9-10-20(22(15-19)26-2)18-8-11-21(27-13-12-24)23(14-18)28-16-17-6-4-3-5-7-17;/h3-11,14-15H,12-13,16,24H2,1-2H3;1H. The summed E-state index contributed by atoms with van der Waals surface area (Å²) in [7, 11) is 3.28. The monoisotopic (exact) mass is 415 g/mol. The number of hydrogen-bond donors (Lipinski definition) is 1. The van der Waals surface area contributed by atoms with Crippen molar-refractivity contribution in [3.05, 3.63) is 72.3 Å². The van der Waals surface area contributed by atoms with Gasteiger partial charge in [-0.25, -0.2) is 0 Å². The van der Waals surface area contributed by atoms with E-state index in [1.807, 2.05) is 66.7 Å². The first-order chi connectivity index (χ1) is 13.7. The van der Waals surface area contributed by atoms with E-state index < -0.39 is 0 Å². The summed E-state index contributed by atoms with van der Waals surface area (Å²) in [6.07, 6.45) is 0. The minimum Gasteiger partial charge on any atom is -0.497 e. The van der Waals surface area contributed by atoms with E-state index in [0.717, 1.165) is 28.2 Å². The number of ether oxygens (including phenoxy) is 4. The Hall–Kier alpha value is -2.89. The molecule has 0 radical (unpaired) electrons. The lowest BCUT2D eigenvalue weighted by atomic mass is 10.0. The lowest BCUT2D eigenvalue weighted by Gasteiger charge is -2.16. The van der Waals surface area contributed by atoms with Crippen molar-refractivity contribution < 1.29 is 18.9 Å². The second kappa shape index (κ2) is 11.2. The predicted octanol–water partition coefficient (Wildman–Crippen LogP) is 4.71. The summed E-state index contributed by atoms with van der Waals surface area (Å²) >= 11 is 0. The van der Waals surface area contributed by atoms with Crippen molar-refractivity contribution in [2.24, 2.45) is 5.73 Å². The van der Waals surface area contributed by atoms with E-state index in [1.54, 1.807) is 14.2 Å². The minimum absolute atomic E-state index is 0. The molecule has 6 heteroatoms. The summed E-state index contributed by atoms with van der Waals surface area (Å²) < 4.78 is 22.7. The highest BCUT2D eigenvalue weighted by Crippen LogP contribution is 2.38. The molecule has 0 aliphatic heterocycles. The summed E-state index contributed by atoms with van der Waals surface area (Å²) in [6.45, 7) is 1.31. The molecule has 3 rings (SSSR count). The van der Waals surface area contributed by atoms with E-state index in [-0.39, 0.29) is 12.4 Å². The van der Waals surface area contributed by atoms with Gasteiger partial charge in [0.15, 0.2) is 11.5 Å². The molecule has 3 aromatic carbocycles. The van der Waals surface area contributed by atoms with Crippen LogP contribution >= 0.6 is 12.4 Å². The fourth-order valence-electron chi connectivity index (χ4n) is 2.85. The zero-order valence-corrected chi connectivity index (χ0v) is 17.4. The zero-order chi connectivity index (χ0) is 19.8. The van der Waals surface area contributed by atoms with Crippen LogP contribution in [0.15, 0.2) is 66.7 Å². The summed E-state index contributed by atoms with van der Waals surface area (Å²) in [4.78, 5) is 0. The molecule has 0 bridgehead atoms. The molecule has 0 aromatic heterocycles. The van der Waals surface area contributed by atoms with Gasteiger partial charge in [-0.2, -0.15) is 0 Å². The van der Waals surface area contributed by atoms with Crippen LogP contribution in [-0.2, 0) is 6.61 Å².